The fourth-order valence-electron chi connectivity index (χ4n) is 2.95. The molecule has 0 spiro atoms. The summed E-state index contributed by atoms with van der Waals surface area (Å²) in [4.78, 5) is 12.0. The Hall–Kier alpha value is -2.15. The van der Waals surface area contributed by atoms with Crippen LogP contribution in [-0.4, -0.2) is 5.78 Å². The van der Waals surface area contributed by atoms with Crippen molar-refractivity contribution in [1.82, 2.24) is 0 Å². The summed E-state index contributed by atoms with van der Waals surface area (Å²) in [7, 11) is 0. The maximum atomic E-state index is 12.0. The van der Waals surface area contributed by atoms with Gasteiger partial charge in [-0.1, -0.05) is 61.5 Å². The van der Waals surface area contributed by atoms with Crippen molar-refractivity contribution in [2.24, 2.45) is 5.92 Å². The third-order valence-corrected chi connectivity index (χ3v) is 4.23. The molecule has 0 bridgehead atoms. The monoisotopic (exact) mass is 276 g/mol. The number of hydrogen-bond acceptors (Lipinski definition) is 1. The van der Waals surface area contributed by atoms with E-state index in [-0.39, 0.29) is 0 Å². The van der Waals surface area contributed by atoms with Crippen LogP contribution < -0.4 is 0 Å². The van der Waals surface area contributed by atoms with Crippen LogP contribution in [0.5, 0.6) is 0 Å². The molecule has 2 aromatic rings. The second-order valence-corrected chi connectivity index (χ2v) is 5.80. The number of Topliss-reactive ketones (excluding diaryl/α,β-unsaturated/α-hetero) is 1. The lowest BCUT2D eigenvalue weighted by molar-refractivity contribution is -0.116. The predicted octanol–water partition coefficient (Wildman–Crippen LogP) is 5.13. The summed E-state index contributed by atoms with van der Waals surface area (Å²) < 4.78 is 0. The fraction of sp³-hybridized carbons (Fsp3) is 0.250. The standard InChI is InChI=1S/C20H20O/c1-15-6-5-9-20(21)19(15)14-16-10-12-18(13-11-16)17-7-3-2-4-8-17/h2-4,7-8,10-15H,5-6,9H2,1H3/b19-14-/t15-/m1/s1. The summed E-state index contributed by atoms with van der Waals surface area (Å²) in [6.07, 6.45) is 4.93. The smallest absolute Gasteiger partial charge is 0.159 e. The maximum absolute atomic E-state index is 12.0. The highest BCUT2D eigenvalue weighted by Crippen LogP contribution is 2.28. The molecule has 0 unspecified atom stereocenters. The van der Waals surface area contributed by atoms with Crippen molar-refractivity contribution < 1.29 is 4.79 Å². The molecule has 1 atom stereocenters. The summed E-state index contributed by atoms with van der Waals surface area (Å²) in [6, 6.07) is 18.8. The van der Waals surface area contributed by atoms with Crippen LogP contribution in [0, 0.1) is 5.92 Å². The van der Waals surface area contributed by atoms with Crippen LogP contribution in [0.3, 0.4) is 0 Å². The Morgan fingerprint density at radius 1 is 0.952 bits per heavy atom. The Balaban J connectivity index is 1.86. The Morgan fingerprint density at radius 3 is 2.29 bits per heavy atom. The average Bonchev–Trinajstić information content (AvgIpc) is 2.53. The van der Waals surface area contributed by atoms with Crippen LogP contribution in [0.1, 0.15) is 31.7 Å². The molecule has 1 aliphatic rings. The maximum Gasteiger partial charge on any atom is 0.159 e. The van der Waals surface area contributed by atoms with Crippen LogP contribution in [0.25, 0.3) is 17.2 Å². The van der Waals surface area contributed by atoms with Gasteiger partial charge in [-0.3, -0.25) is 4.79 Å². The van der Waals surface area contributed by atoms with Crippen LogP contribution in [-0.2, 0) is 4.79 Å². The molecule has 106 valence electrons. The topological polar surface area (TPSA) is 17.1 Å². The summed E-state index contributed by atoms with van der Waals surface area (Å²) in [6.45, 7) is 2.15. The molecule has 0 radical (unpaired) electrons. The van der Waals surface area contributed by atoms with E-state index in [1.807, 2.05) is 18.2 Å². The Bertz CT molecular complexity index is 650. The lowest BCUT2D eigenvalue weighted by atomic mass is 9.83. The van der Waals surface area contributed by atoms with Crippen molar-refractivity contribution in [3.05, 3.63) is 65.7 Å². The van der Waals surface area contributed by atoms with Gasteiger partial charge in [0.2, 0.25) is 0 Å². The van der Waals surface area contributed by atoms with Gasteiger partial charge in [0.25, 0.3) is 0 Å². The molecule has 0 amide bonds. The minimum atomic E-state index is 0.320. The van der Waals surface area contributed by atoms with Crippen molar-refractivity contribution in [3.8, 4) is 11.1 Å². The van der Waals surface area contributed by atoms with Gasteiger partial charge in [0.15, 0.2) is 5.78 Å². The molecule has 3 rings (SSSR count). The van der Waals surface area contributed by atoms with Crippen LogP contribution in [0.2, 0.25) is 0 Å². The zero-order chi connectivity index (χ0) is 14.7. The Morgan fingerprint density at radius 2 is 1.62 bits per heavy atom. The molecule has 1 saturated carbocycles. The minimum Gasteiger partial charge on any atom is -0.295 e. The van der Waals surface area contributed by atoms with Gasteiger partial charge in [-0.2, -0.15) is 0 Å². The number of hydrogen-bond donors (Lipinski definition) is 0. The molecule has 0 aliphatic heterocycles. The SMILES string of the molecule is C[C@@H]1CCCC(=O)/C1=C\c1ccc(-c2ccccc2)cc1. The van der Waals surface area contributed by atoms with Crippen molar-refractivity contribution >= 4 is 11.9 Å². The molecule has 0 aromatic heterocycles. The first-order chi connectivity index (χ1) is 10.2. The van der Waals surface area contributed by atoms with Gasteiger partial charge in [-0.15, -0.1) is 0 Å². The van der Waals surface area contributed by atoms with Crippen LogP contribution >= 0.6 is 0 Å². The van der Waals surface area contributed by atoms with Gasteiger partial charge >= 0.3 is 0 Å². The van der Waals surface area contributed by atoms with E-state index in [4.69, 9.17) is 0 Å². The Labute approximate surface area is 126 Å². The Kier molecular flexibility index (Phi) is 4.01. The number of ketones is 1. The number of rotatable bonds is 2. The molecule has 0 N–H and O–H groups in total. The number of benzene rings is 2. The summed E-state index contributed by atoms with van der Waals surface area (Å²) in [5.41, 5.74) is 4.54. The second kappa shape index (κ2) is 6.09. The highest BCUT2D eigenvalue weighted by atomic mass is 16.1. The van der Waals surface area contributed by atoms with Crippen molar-refractivity contribution in [1.29, 1.82) is 0 Å². The van der Waals surface area contributed by atoms with E-state index in [1.165, 1.54) is 11.1 Å². The van der Waals surface area contributed by atoms with E-state index < -0.39 is 0 Å². The van der Waals surface area contributed by atoms with Gasteiger partial charge < -0.3 is 0 Å². The lowest BCUT2D eigenvalue weighted by Gasteiger charge is -2.20. The molecule has 21 heavy (non-hydrogen) atoms. The molecule has 0 heterocycles. The van der Waals surface area contributed by atoms with Crippen molar-refractivity contribution in [3.63, 3.8) is 0 Å². The minimum absolute atomic E-state index is 0.320. The highest BCUT2D eigenvalue weighted by Gasteiger charge is 2.21. The number of carbonyl (C=O) groups is 1. The largest absolute Gasteiger partial charge is 0.295 e. The van der Waals surface area contributed by atoms with E-state index in [9.17, 15) is 4.79 Å². The highest BCUT2D eigenvalue weighted by molar-refractivity contribution is 6.00. The van der Waals surface area contributed by atoms with Crippen LogP contribution in [0.4, 0.5) is 0 Å². The quantitative estimate of drug-likeness (QED) is 0.695. The average molecular weight is 276 g/mol. The van der Waals surface area contributed by atoms with E-state index in [2.05, 4.69) is 49.4 Å². The van der Waals surface area contributed by atoms with Crippen LogP contribution in [0.15, 0.2) is 60.2 Å². The van der Waals surface area contributed by atoms with Gasteiger partial charge in [0.05, 0.1) is 0 Å². The first-order valence-corrected chi connectivity index (χ1v) is 7.64. The first-order valence-electron chi connectivity index (χ1n) is 7.64. The zero-order valence-electron chi connectivity index (χ0n) is 12.4. The molecule has 1 fully saturated rings. The number of carbonyl (C=O) groups excluding carboxylic acids is 1. The molecule has 1 nitrogen and oxygen atoms in total. The lowest BCUT2D eigenvalue weighted by Crippen LogP contribution is -2.16. The first kappa shape index (κ1) is 13.8. The van der Waals surface area contributed by atoms with E-state index in [1.54, 1.807) is 0 Å². The summed E-state index contributed by atoms with van der Waals surface area (Å²) in [5.74, 6) is 0.709. The molecular formula is C20H20O. The van der Waals surface area contributed by atoms with Gasteiger partial charge in [0, 0.05) is 6.42 Å². The second-order valence-electron chi connectivity index (χ2n) is 5.80. The van der Waals surface area contributed by atoms with Crippen molar-refractivity contribution in [2.45, 2.75) is 26.2 Å². The molecule has 2 aromatic carbocycles. The molecule has 0 saturated heterocycles. The zero-order valence-corrected chi connectivity index (χ0v) is 12.4. The third-order valence-electron chi connectivity index (χ3n) is 4.23. The number of allylic oxidation sites excluding steroid dienone is 1. The van der Waals surface area contributed by atoms with E-state index >= 15 is 0 Å². The van der Waals surface area contributed by atoms with Gasteiger partial charge in [-0.25, -0.2) is 0 Å². The van der Waals surface area contributed by atoms with Crippen molar-refractivity contribution in [2.75, 3.05) is 0 Å². The van der Waals surface area contributed by atoms with Gasteiger partial charge in [-0.05, 0) is 47.1 Å². The predicted molar refractivity (Wildman–Crippen MR) is 87.9 cm³/mol. The van der Waals surface area contributed by atoms with Gasteiger partial charge in [0.1, 0.15) is 0 Å². The van der Waals surface area contributed by atoms with E-state index in [0.717, 1.165) is 24.0 Å². The van der Waals surface area contributed by atoms with E-state index in [0.29, 0.717) is 18.1 Å². The fourth-order valence-corrected chi connectivity index (χ4v) is 2.95. The molecule has 1 heteroatoms. The summed E-state index contributed by atoms with van der Waals surface area (Å²) >= 11 is 0. The third kappa shape index (κ3) is 3.13. The summed E-state index contributed by atoms with van der Waals surface area (Å²) in [5, 5.41) is 0. The normalized spacial score (nSPS) is 20.7. The molecule has 1 aliphatic carbocycles. The molecular weight excluding hydrogens is 256 g/mol.